The van der Waals surface area contributed by atoms with Gasteiger partial charge in [0.1, 0.15) is 0 Å². The molecule has 6 heteroatoms. The van der Waals surface area contributed by atoms with Gasteiger partial charge in [0.2, 0.25) is 11.8 Å². The SMILES string of the molecule is CC(=O)N(CCC(=O)Nc1cccc(C#N)c1)c1ccc(C#N)cc1. The second-order valence-electron chi connectivity index (χ2n) is 5.32. The standard InChI is InChI=1S/C19H16N4O2/c1-14(24)23(18-7-5-15(12-20)6-8-18)10-9-19(25)22-17-4-2-3-16(11-17)13-21/h2-8,11H,9-10H2,1H3,(H,22,25). The Morgan fingerprint density at radius 2 is 1.72 bits per heavy atom. The summed E-state index contributed by atoms with van der Waals surface area (Å²) in [6, 6.07) is 17.2. The molecule has 0 unspecified atom stereocenters. The van der Waals surface area contributed by atoms with Gasteiger partial charge in [0.25, 0.3) is 0 Å². The number of nitrogens with one attached hydrogen (secondary N) is 1. The Morgan fingerprint density at radius 3 is 2.32 bits per heavy atom. The number of nitriles is 2. The van der Waals surface area contributed by atoms with Crippen LogP contribution in [0.2, 0.25) is 0 Å². The number of rotatable bonds is 5. The van der Waals surface area contributed by atoms with Crippen LogP contribution in [0.15, 0.2) is 48.5 Å². The molecule has 6 nitrogen and oxygen atoms in total. The molecule has 0 saturated heterocycles. The van der Waals surface area contributed by atoms with Crippen molar-refractivity contribution in [3.05, 3.63) is 59.7 Å². The van der Waals surface area contributed by atoms with E-state index in [1.165, 1.54) is 11.8 Å². The molecule has 0 bridgehead atoms. The van der Waals surface area contributed by atoms with E-state index in [0.717, 1.165) is 0 Å². The number of carbonyl (C=O) groups is 2. The second kappa shape index (κ2) is 8.28. The number of hydrogen-bond donors (Lipinski definition) is 1. The lowest BCUT2D eigenvalue weighted by molar-refractivity contribution is -0.117. The number of hydrogen-bond acceptors (Lipinski definition) is 4. The molecule has 2 rings (SSSR count). The third kappa shape index (κ3) is 4.92. The van der Waals surface area contributed by atoms with Crippen molar-refractivity contribution in [1.82, 2.24) is 0 Å². The third-order valence-electron chi connectivity index (χ3n) is 3.53. The molecule has 0 aromatic heterocycles. The summed E-state index contributed by atoms with van der Waals surface area (Å²) in [5, 5.41) is 20.4. The van der Waals surface area contributed by atoms with E-state index in [1.807, 2.05) is 12.1 Å². The van der Waals surface area contributed by atoms with Gasteiger partial charge in [0.15, 0.2) is 0 Å². The van der Waals surface area contributed by atoms with Crippen LogP contribution in [0.5, 0.6) is 0 Å². The molecule has 0 aliphatic rings. The second-order valence-corrected chi connectivity index (χ2v) is 5.32. The fourth-order valence-corrected chi connectivity index (χ4v) is 2.29. The minimum atomic E-state index is -0.255. The summed E-state index contributed by atoms with van der Waals surface area (Å²) in [6.45, 7) is 1.64. The maximum Gasteiger partial charge on any atom is 0.226 e. The predicted molar refractivity (Wildman–Crippen MR) is 93.6 cm³/mol. The monoisotopic (exact) mass is 332 g/mol. The van der Waals surface area contributed by atoms with E-state index in [9.17, 15) is 9.59 Å². The van der Waals surface area contributed by atoms with Gasteiger partial charge in [-0.05, 0) is 42.5 Å². The van der Waals surface area contributed by atoms with E-state index < -0.39 is 0 Å². The van der Waals surface area contributed by atoms with Crippen LogP contribution >= 0.6 is 0 Å². The minimum Gasteiger partial charge on any atom is -0.326 e. The predicted octanol–water partition coefficient (Wildman–Crippen LogP) is 2.81. The fraction of sp³-hybridized carbons (Fsp3) is 0.158. The molecule has 0 fully saturated rings. The molecule has 1 N–H and O–H groups in total. The van der Waals surface area contributed by atoms with E-state index in [4.69, 9.17) is 10.5 Å². The first-order chi connectivity index (χ1) is 12.0. The molecule has 2 amide bonds. The molecule has 0 saturated carbocycles. The summed E-state index contributed by atoms with van der Waals surface area (Å²) in [7, 11) is 0. The van der Waals surface area contributed by atoms with Crippen molar-refractivity contribution in [1.29, 1.82) is 10.5 Å². The maximum absolute atomic E-state index is 12.1. The van der Waals surface area contributed by atoms with Gasteiger partial charge in [-0.25, -0.2) is 0 Å². The van der Waals surface area contributed by atoms with Crippen molar-refractivity contribution >= 4 is 23.2 Å². The van der Waals surface area contributed by atoms with Gasteiger partial charge in [0, 0.05) is 31.3 Å². The van der Waals surface area contributed by atoms with Crippen LogP contribution in [-0.2, 0) is 9.59 Å². The van der Waals surface area contributed by atoms with Gasteiger partial charge in [-0.1, -0.05) is 6.07 Å². The molecule has 0 aliphatic heterocycles. The van der Waals surface area contributed by atoms with Crippen LogP contribution in [0.3, 0.4) is 0 Å². The van der Waals surface area contributed by atoms with Crippen molar-refractivity contribution in [3.8, 4) is 12.1 Å². The van der Waals surface area contributed by atoms with Gasteiger partial charge in [-0.15, -0.1) is 0 Å². The van der Waals surface area contributed by atoms with E-state index in [-0.39, 0.29) is 24.8 Å². The first kappa shape index (κ1) is 17.7. The quantitative estimate of drug-likeness (QED) is 0.910. The molecule has 124 valence electrons. The number of amides is 2. The molecule has 0 atom stereocenters. The highest BCUT2D eigenvalue weighted by Gasteiger charge is 2.13. The van der Waals surface area contributed by atoms with Crippen LogP contribution in [0, 0.1) is 22.7 Å². The smallest absolute Gasteiger partial charge is 0.226 e. The number of benzene rings is 2. The zero-order chi connectivity index (χ0) is 18.2. The highest BCUT2D eigenvalue weighted by Crippen LogP contribution is 2.16. The molecule has 0 radical (unpaired) electrons. The average Bonchev–Trinajstić information content (AvgIpc) is 2.62. The Labute approximate surface area is 145 Å². The Bertz CT molecular complexity index is 860. The zero-order valence-electron chi connectivity index (χ0n) is 13.7. The highest BCUT2D eigenvalue weighted by atomic mass is 16.2. The normalized spacial score (nSPS) is 9.56. The Balaban J connectivity index is 2.00. The maximum atomic E-state index is 12.1. The Hall–Kier alpha value is -3.64. The largest absolute Gasteiger partial charge is 0.326 e. The number of nitrogens with zero attached hydrogens (tertiary/aromatic N) is 3. The summed E-state index contributed by atoms with van der Waals surface area (Å²) in [5.74, 6) is -0.445. The van der Waals surface area contributed by atoms with Crippen molar-refractivity contribution in [2.24, 2.45) is 0 Å². The van der Waals surface area contributed by atoms with E-state index >= 15 is 0 Å². The van der Waals surface area contributed by atoms with Crippen LogP contribution in [0.4, 0.5) is 11.4 Å². The third-order valence-corrected chi connectivity index (χ3v) is 3.53. The van der Waals surface area contributed by atoms with E-state index in [1.54, 1.807) is 48.5 Å². The van der Waals surface area contributed by atoms with Crippen molar-refractivity contribution in [2.45, 2.75) is 13.3 Å². The van der Waals surface area contributed by atoms with Gasteiger partial charge < -0.3 is 10.2 Å². The molecular formula is C19H16N4O2. The van der Waals surface area contributed by atoms with Gasteiger partial charge in [-0.2, -0.15) is 10.5 Å². The number of carbonyl (C=O) groups excluding carboxylic acids is 2. The lowest BCUT2D eigenvalue weighted by atomic mass is 10.2. The molecule has 2 aromatic rings. The average molecular weight is 332 g/mol. The number of anilines is 2. The first-order valence-electron chi connectivity index (χ1n) is 7.62. The highest BCUT2D eigenvalue weighted by molar-refractivity contribution is 5.94. The summed E-state index contributed by atoms with van der Waals surface area (Å²) < 4.78 is 0. The van der Waals surface area contributed by atoms with Crippen molar-refractivity contribution < 1.29 is 9.59 Å². The van der Waals surface area contributed by atoms with Crippen LogP contribution < -0.4 is 10.2 Å². The minimum absolute atomic E-state index is 0.108. The van der Waals surface area contributed by atoms with Crippen molar-refractivity contribution in [3.63, 3.8) is 0 Å². The lowest BCUT2D eigenvalue weighted by Gasteiger charge is -2.21. The summed E-state index contributed by atoms with van der Waals surface area (Å²) in [6.07, 6.45) is 0.108. The zero-order valence-corrected chi connectivity index (χ0v) is 13.7. The topological polar surface area (TPSA) is 97.0 Å². The first-order valence-corrected chi connectivity index (χ1v) is 7.62. The molecular weight excluding hydrogens is 316 g/mol. The molecule has 0 heterocycles. The summed E-state index contributed by atoms with van der Waals surface area (Å²) in [4.78, 5) is 25.4. The van der Waals surface area contributed by atoms with Crippen LogP contribution in [0.1, 0.15) is 24.5 Å². The molecule has 2 aromatic carbocycles. The lowest BCUT2D eigenvalue weighted by Crippen LogP contribution is -2.31. The van der Waals surface area contributed by atoms with E-state index in [0.29, 0.717) is 22.5 Å². The van der Waals surface area contributed by atoms with Crippen LogP contribution in [0.25, 0.3) is 0 Å². The molecule has 0 aliphatic carbocycles. The Kier molecular flexibility index (Phi) is 5.86. The molecule has 0 spiro atoms. The van der Waals surface area contributed by atoms with Gasteiger partial charge in [-0.3, -0.25) is 9.59 Å². The van der Waals surface area contributed by atoms with Crippen LogP contribution in [-0.4, -0.2) is 18.4 Å². The molecule has 25 heavy (non-hydrogen) atoms. The van der Waals surface area contributed by atoms with E-state index in [2.05, 4.69) is 5.32 Å². The fourth-order valence-electron chi connectivity index (χ4n) is 2.29. The Morgan fingerprint density at radius 1 is 1.04 bits per heavy atom. The van der Waals surface area contributed by atoms with Gasteiger partial charge >= 0.3 is 0 Å². The summed E-state index contributed by atoms with van der Waals surface area (Å²) in [5.41, 5.74) is 2.13. The van der Waals surface area contributed by atoms with Gasteiger partial charge in [0.05, 0.1) is 23.3 Å². The summed E-state index contributed by atoms with van der Waals surface area (Å²) >= 11 is 0. The van der Waals surface area contributed by atoms with Crippen molar-refractivity contribution in [2.75, 3.05) is 16.8 Å².